The third-order valence-corrected chi connectivity index (χ3v) is 3.33. The minimum Gasteiger partial charge on any atom is -0.444 e. The molecule has 0 aliphatic carbocycles. The number of nitrogens with zero attached hydrogens (tertiary/aromatic N) is 1. The Morgan fingerprint density at radius 3 is 2.76 bits per heavy atom. The summed E-state index contributed by atoms with van der Waals surface area (Å²) in [4.78, 5) is 13.6. The fraction of sp³-hybridized carbons (Fsp3) is 0.917. The Balaban J connectivity index is 1.92. The lowest BCUT2D eigenvalue weighted by Crippen LogP contribution is -2.36. The summed E-state index contributed by atoms with van der Waals surface area (Å²) in [6.07, 6.45) is -0.216. The van der Waals surface area contributed by atoms with Crippen LogP contribution in [0.2, 0.25) is 0 Å². The lowest BCUT2D eigenvalue weighted by atomic mass is 9.94. The Kier molecular flexibility index (Phi) is 3.32. The topological polar surface area (TPSA) is 59.0 Å². The van der Waals surface area contributed by atoms with Crippen molar-refractivity contribution in [2.24, 2.45) is 11.8 Å². The Bertz CT molecular complexity index is 299. The van der Waals surface area contributed by atoms with E-state index in [2.05, 4.69) is 0 Å². The van der Waals surface area contributed by atoms with E-state index in [4.69, 9.17) is 9.47 Å². The van der Waals surface area contributed by atoms with Crippen molar-refractivity contribution in [3.63, 3.8) is 0 Å². The molecule has 3 atom stereocenters. The molecule has 0 bridgehead atoms. The van der Waals surface area contributed by atoms with Gasteiger partial charge in [-0.05, 0) is 20.8 Å². The molecule has 0 aromatic carbocycles. The van der Waals surface area contributed by atoms with E-state index >= 15 is 0 Å². The summed E-state index contributed by atoms with van der Waals surface area (Å²) in [5.74, 6) is 0.417. The maximum absolute atomic E-state index is 11.9. The molecule has 98 valence electrons. The van der Waals surface area contributed by atoms with E-state index in [0.717, 1.165) is 0 Å². The number of aliphatic hydroxyl groups is 1. The normalized spacial score (nSPS) is 32.7. The van der Waals surface area contributed by atoms with Crippen molar-refractivity contribution < 1.29 is 19.4 Å². The lowest BCUT2D eigenvalue weighted by Gasteiger charge is -2.25. The molecule has 0 radical (unpaired) electrons. The highest BCUT2D eigenvalue weighted by Gasteiger charge is 2.45. The standard InChI is InChI=1S/C12H21NO4/c1-12(2,3)17-11(15)13-4-9-8(6-14)7-16-10(9)5-13/h8-10,14H,4-7H2,1-3H3/t8-,9-,10-/m1/s1. The number of carbonyl (C=O) groups is 1. The molecule has 2 rings (SSSR count). The highest BCUT2D eigenvalue weighted by atomic mass is 16.6. The smallest absolute Gasteiger partial charge is 0.410 e. The van der Waals surface area contributed by atoms with Gasteiger partial charge in [-0.3, -0.25) is 0 Å². The average molecular weight is 243 g/mol. The predicted octanol–water partition coefficient (Wildman–Crippen LogP) is 0.861. The van der Waals surface area contributed by atoms with Crippen LogP contribution in [0.3, 0.4) is 0 Å². The van der Waals surface area contributed by atoms with E-state index in [1.54, 1.807) is 4.90 Å². The van der Waals surface area contributed by atoms with E-state index in [1.165, 1.54) is 0 Å². The van der Waals surface area contributed by atoms with Gasteiger partial charge in [-0.25, -0.2) is 4.79 Å². The second-order valence-corrected chi connectivity index (χ2v) is 5.86. The number of hydrogen-bond acceptors (Lipinski definition) is 4. The van der Waals surface area contributed by atoms with Crippen LogP contribution in [0, 0.1) is 11.8 Å². The highest BCUT2D eigenvalue weighted by molar-refractivity contribution is 5.68. The number of carbonyl (C=O) groups excluding carboxylic acids is 1. The van der Waals surface area contributed by atoms with Crippen LogP contribution in [0.25, 0.3) is 0 Å². The molecule has 2 heterocycles. The quantitative estimate of drug-likeness (QED) is 0.742. The van der Waals surface area contributed by atoms with Gasteiger partial charge in [-0.2, -0.15) is 0 Å². The van der Waals surface area contributed by atoms with Crippen molar-refractivity contribution in [3.05, 3.63) is 0 Å². The number of amides is 1. The molecule has 2 aliphatic rings. The van der Waals surface area contributed by atoms with Gasteiger partial charge in [0.25, 0.3) is 0 Å². The van der Waals surface area contributed by atoms with Crippen LogP contribution in [-0.2, 0) is 9.47 Å². The molecule has 0 saturated carbocycles. The zero-order valence-electron chi connectivity index (χ0n) is 10.7. The number of fused-ring (bicyclic) bond motifs is 1. The number of aliphatic hydroxyl groups excluding tert-OH is 1. The summed E-state index contributed by atoms with van der Waals surface area (Å²) < 4.78 is 10.9. The molecule has 1 N–H and O–H groups in total. The molecule has 5 nitrogen and oxygen atoms in total. The van der Waals surface area contributed by atoms with Crippen LogP contribution in [0.4, 0.5) is 4.79 Å². The van der Waals surface area contributed by atoms with Crippen molar-refractivity contribution >= 4 is 6.09 Å². The van der Waals surface area contributed by atoms with Gasteiger partial charge in [0, 0.05) is 25.0 Å². The molecule has 1 amide bonds. The zero-order valence-corrected chi connectivity index (χ0v) is 10.7. The van der Waals surface area contributed by atoms with Crippen molar-refractivity contribution in [2.75, 3.05) is 26.3 Å². The Morgan fingerprint density at radius 1 is 1.47 bits per heavy atom. The molecule has 0 aromatic rings. The van der Waals surface area contributed by atoms with Gasteiger partial charge < -0.3 is 19.5 Å². The minimum absolute atomic E-state index is 0.0691. The summed E-state index contributed by atoms with van der Waals surface area (Å²) in [5, 5.41) is 9.21. The largest absolute Gasteiger partial charge is 0.444 e. The van der Waals surface area contributed by atoms with Crippen LogP contribution in [0.15, 0.2) is 0 Å². The van der Waals surface area contributed by atoms with E-state index in [1.807, 2.05) is 20.8 Å². The molecular weight excluding hydrogens is 222 g/mol. The third-order valence-electron chi connectivity index (χ3n) is 3.33. The van der Waals surface area contributed by atoms with Crippen LogP contribution in [0.5, 0.6) is 0 Å². The van der Waals surface area contributed by atoms with E-state index in [9.17, 15) is 9.90 Å². The maximum atomic E-state index is 11.9. The first-order valence-corrected chi connectivity index (χ1v) is 6.11. The van der Waals surface area contributed by atoms with Gasteiger partial charge in [0.05, 0.1) is 19.3 Å². The van der Waals surface area contributed by atoms with Crippen LogP contribution in [-0.4, -0.2) is 54.1 Å². The summed E-state index contributed by atoms with van der Waals surface area (Å²) in [5.41, 5.74) is -0.466. The SMILES string of the molecule is CC(C)(C)OC(=O)N1C[C@@H]2[C@H](CO)CO[C@@H]2C1. The lowest BCUT2D eigenvalue weighted by molar-refractivity contribution is 0.0214. The predicted molar refractivity (Wildman–Crippen MR) is 61.6 cm³/mol. The molecule has 0 unspecified atom stereocenters. The first-order valence-electron chi connectivity index (χ1n) is 6.11. The zero-order chi connectivity index (χ0) is 12.6. The van der Waals surface area contributed by atoms with Gasteiger partial charge in [0.2, 0.25) is 0 Å². The van der Waals surface area contributed by atoms with Crippen LogP contribution < -0.4 is 0 Å². The first kappa shape index (κ1) is 12.6. The molecule has 2 saturated heterocycles. The Labute approximate surface area is 102 Å². The van der Waals surface area contributed by atoms with Crippen molar-refractivity contribution in [1.82, 2.24) is 4.90 Å². The van der Waals surface area contributed by atoms with Gasteiger partial charge >= 0.3 is 6.09 Å². The third kappa shape index (κ3) is 2.72. The monoisotopic (exact) mass is 243 g/mol. The van der Waals surface area contributed by atoms with Crippen molar-refractivity contribution in [3.8, 4) is 0 Å². The van der Waals surface area contributed by atoms with Gasteiger partial charge in [0.1, 0.15) is 5.60 Å². The molecule has 2 aliphatic heterocycles. The number of likely N-dealkylation sites (tertiary alicyclic amines) is 1. The number of rotatable bonds is 1. The summed E-state index contributed by atoms with van der Waals surface area (Å²) in [7, 11) is 0. The molecule has 5 heteroatoms. The molecular formula is C12H21NO4. The van der Waals surface area contributed by atoms with Gasteiger partial charge in [-0.1, -0.05) is 0 Å². The van der Waals surface area contributed by atoms with E-state index < -0.39 is 5.60 Å². The van der Waals surface area contributed by atoms with E-state index in [0.29, 0.717) is 19.7 Å². The van der Waals surface area contributed by atoms with Crippen molar-refractivity contribution in [2.45, 2.75) is 32.5 Å². The summed E-state index contributed by atoms with van der Waals surface area (Å²) in [6, 6.07) is 0. The summed E-state index contributed by atoms with van der Waals surface area (Å²) >= 11 is 0. The fourth-order valence-electron chi connectivity index (χ4n) is 2.46. The second-order valence-electron chi connectivity index (χ2n) is 5.86. The first-order chi connectivity index (χ1) is 7.90. The molecule has 2 fully saturated rings. The van der Waals surface area contributed by atoms with Gasteiger partial charge in [-0.15, -0.1) is 0 Å². The maximum Gasteiger partial charge on any atom is 0.410 e. The fourth-order valence-corrected chi connectivity index (χ4v) is 2.46. The second kappa shape index (κ2) is 4.46. The Hall–Kier alpha value is -0.810. The summed E-state index contributed by atoms with van der Waals surface area (Å²) in [6.45, 7) is 7.51. The molecule has 0 aromatic heterocycles. The Morgan fingerprint density at radius 2 is 2.18 bits per heavy atom. The molecule has 0 spiro atoms. The van der Waals surface area contributed by atoms with Crippen LogP contribution >= 0.6 is 0 Å². The van der Waals surface area contributed by atoms with Crippen molar-refractivity contribution in [1.29, 1.82) is 0 Å². The minimum atomic E-state index is -0.466. The van der Waals surface area contributed by atoms with Crippen LogP contribution in [0.1, 0.15) is 20.8 Å². The van der Waals surface area contributed by atoms with E-state index in [-0.39, 0.29) is 30.6 Å². The number of hydrogen-bond donors (Lipinski definition) is 1. The molecule has 17 heavy (non-hydrogen) atoms. The highest BCUT2D eigenvalue weighted by Crippen LogP contribution is 2.33. The van der Waals surface area contributed by atoms with Gasteiger partial charge in [0.15, 0.2) is 0 Å². The average Bonchev–Trinajstić information content (AvgIpc) is 2.72. The number of ether oxygens (including phenoxy) is 2.